The van der Waals surface area contributed by atoms with Crippen LogP contribution in [-0.2, 0) is 36.7 Å². The maximum absolute atomic E-state index is 14.8. The fraction of sp³-hybridized carbons (Fsp3) is 0.450. The van der Waals surface area contributed by atoms with Gasteiger partial charge in [-0.1, -0.05) is 74.4 Å². The van der Waals surface area contributed by atoms with Crippen LogP contribution in [0, 0.1) is 0 Å². The number of carbonyl (C=O) groups is 4. The number of unbranched alkanes of at least 4 members (excludes halogenated alkanes) is 2. The van der Waals surface area contributed by atoms with Gasteiger partial charge in [-0.15, -0.1) is 0 Å². The van der Waals surface area contributed by atoms with Gasteiger partial charge in [-0.2, -0.15) is 0 Å². The highest BCUT2D eigenvalue weighted by Crippen LogP contribution is 2.27. The number of nitrogens with one attached hydrogen (secondary N) is 2. The molecule has 3 unspecified atom stereocenters. The molecule has 4 N–H and O–H groups in total. The normalized spacial score (nSPS) is 13.3. The minimum absolute atomic E-state index is 0.0289. The van der Waals surface area contributed by atoms with Crippen molar-refractivity contribution in [1.29, 1.82) is 0 Å². The topological polar surface area (TPSA) is 154 Å². The summed E-state index contributed by atoms with van der Waals surface area (Å²) in [7, 11) is 0. The van der Waals surface area contributed by atoms with Crippen LogP contribution in [0.1, 0.15) is 90.5 Å². The van der Waals surface area contributed by atoms with Crippen LogP contribution < -0.4 is 10.6 Å². The molecule has 0 aliphatic rings. The molecule has 0 bridgehead atoms. The second kappa shape index (κ2) is 18.3. The maximum atomic E-state index is 14.8. The first kappa shape index (κ1) is 40.4. The molecule has 3 aromatic rings. The number of amides is 3. The molecule has 3 amide bonds. The number of ether oxygens (including phenoxy) is 2. The minimum atomic E-state index is -1.27. The van der Waals surface area contributed by atoms with Gasteiger partial charge in [0.2, 0.25) is 11.8 Å². The Morgan fingerprint density at radius 3 is 1.76 bits per heavy atom. The van der Waals surface area contributed by atoms with Gasteiger partial charge in [0.05, 0.1) is 0 Å². The van der Waals surface area contributed by atoms with E-state index in [1.165, 1.54) is 29.2 Å². The first-order chi connectivity index (χ1) is 24.0. The van der Waals surface area contributed by atoms with Gasteiger partial charge < -0.3 is 35.2 Å². The van der Waals surface area contributed by atoms with Crippen LogP contribution in [0.25, 0.3) is 0 Å². The molecule has 51 heavy (non-hydrogen) atoms. The lowest BCUT2D eigenvalue weighted by Crippen LogP contribution is -2.55. The highest BCUT2D eigenvalue weighted by molar-refractivity contribution is 5.94. The first-order valence-corrected chi connectivity index (χ1v) is 17.4. The predicted octanol–water partition coefficient (Wildman–Crippen LogP) is 6.36. The zero-order valence-corrected chi connectivity index (χ0v) is 30.8. The number of esters is 1. The van der Waals surface area contributed by atoms with Gasteiger partial charge in [0.1, 0.15) is 40.8 Å². The number of phenols is 2. The molecule has 3 aromatic carbocycles. The van der Waals surface area contributed by atoms with Crippen molar-refractivity contribution in [1.82, 2.24) is 15.5 Å². The van der Waals surface area contributed by atoms with Crippen LogP contribution in [0.3, 0.4) is 0 Å². The Labute approximate surface area is 301 Å². The number of rotatable bonds is 15. The summed E-state index contributed by atoms with van der Waals surface area (Å²) < 4.78 is 11.2. The van der Waals surface area contributed by atoms with Crippen molar-refractivity contribution in [3.63, 3.8) is 0 Å². The smallest absolute Gasteiger partial charge is 0.408 e. The largest absolute Gasteiger partial charge is 0.508 e. The van der Waals surface area contributed by atoms with Crippen molar-refractivity contribution in [2.24, 2.45) is 0 Å². The van der Waals surface area contributed by atoms with Crippen molar-refractivity contribution < 1.29 is 38.9 Å². The molecule has 0 aliphatic heterocycles. The van der Waals surface area contributed by atoms with Crippen molar-refractivity contribution in [3.8, 4) is 11.5 Å². The molecule has 11 nitrogen and oxygen atoms in total. The molecule has 11 heteroatoms. The van der Waals surface area contributed by atoms with Crippen LogP contribution >= 0.6 is 0 Å². The van der Waals surface area contributed by atoms with E-state index in [0.29, 0.717) is 17.5 Å². The standard InChI is InChI=1S/C40H53N3O8/c1-8-9-13-24-43(36(47)32(42-38(49)51-40(5,6)7)25-28-16-20-30(44)21-17-28)34(29-18-22-31(45)23-19-29)35(46)41-33(37(48)50-39(2,3)4)26-27-14-11-10-12-15-27/h10-12,14-23,32-34,44-45H,8-9,13,24-26H2,1-7H3,(H,41,46)(H,42,49). The van der Waals surface area contributed by atoms with Crippen LogP contribution in [0.4, 0.5) is 4.79 Å². The van der Waals surface area contributed by atoms with E-state index in [2.05, 4.69) is 10.6 Å². The molecule has 0 spiro atoms. The van der Waals surface area contributed by atoms with Gasteiger partial charge in [0, 0.05) is 19.4 Å². The third-order valence-corrected chi connectivity index (χ3v) is 7.71. The van der Waals surface area contributed by atoms with E-state index in [-0.39, 0.29) is 30.9 Å². The molecular weight excluding hydrogens is 650 g/mol. The number of nitrogens with zero attached hydrogens (tertiary/aromatic N) is 1. The molecule has 0 fully saturated rings. The van der Waals surface area contributed by atoms with Gasteiger partial charge in [-0.3, -0.25) is 9.59 Å². The Morgan fingerprint density at radius 2 is 1.22 bits per heavy atom. The Balaban J connectivity index is 2.11. The van der Waals surface area contributed by atoms with Crippen LogP contribution in [0.5, 0.6) is 11.5 Å². The third-order valence-electron chi connectivity index (χ3n) is 7.71. The zero-order chi connectivity index (χ0) is 37.8. The van der Waals surface area contributed by atoms with Gasteiger partial charge in [-0.05, 0) is 88.9 Å². The summed E-state index contributed by atoms with van der Waals surface area (Å²) in [6, 6.07) is 17.9. The Morgan fingerprint density at radius 1 is 0.686 bits per heavy atom. The molecule has 0 aromatic heterocycles. The van der Waals surface area contributed by atoms with E-state index in [1.54, 1.807) is 65.8 Å². The van der Waals surface area contributed by atoms with E-state index >= 15 is 0 Å². The lowest BCUT2D eigenvalue weighted by atomic mass is 9.98. The Bertz CT molecular complexity index is 1580. The highest BCUT2D eigenvalue weighted by atomic mass is 16.6. The number of alkyl carbamates (subject to hydrolysis) is 1. The van der Waals surface area contributed by atoms with E-state index in [1.807, 2.05) is 37.3 Å². The van der Waals surface area contributed by atoms with Gasteiger partial charge in [-0.25, -0.2) is 9.59 Å². The van der Waals surface area contributed by atoms with Gasteiger partial charge in [0.25, 0.3) is 0 Å². The van der Waals surface area contributed by atoms with Crippen LogP contribution in [0.15, 0.2) is 78.9 Å². The first-order valence-electron chi connectivity index (χ1n) is 17.4. The van der Waals surface area contributed by atoms with Crippen molar-refractivity contribution in [3.05, 3.63) is 95.6 Å². The summed E-state index contributed by atoms with van der Waals surface area (Å²) >= 11 is 0. The summed E-state index contributed by atoms with van der Waals surface area (Å²) in [6.45, 7) is 12.5. The van der Waals surface area contributed by atoms with Gasteiger partial charge >= 0.3 is 12.1 Å². The van der Waals surface area contributed by atoms with E-state index < -0.39 is 53.2 Å². The molecule has 0 radical (unpaired) electrons. The number of carbonyl (C=O) groups excluding carboxylic acids is 4. The number of hydrogen-bond acceptors (Lipinski definition) is 8. The summed E-state index contributed by atoms with van der Waals surface area (Å²) in [6.07, 6.45) is 1.49. The molecule has 276 valence electrons. The molecule has 3 atom stereocenters. The van der Waals surface area contributed by atoms with Crippen molar-refractivity contribution in [2.75, 3.05) is 6.54 Å². The van der Waals surface area contributed by atoms with Crippen LogP contribution in [-0.4, -0.2) is 68.8 Å². The summed E-state index contributed by atoms with van der Waals surface area (Å²) in [5.74, 6) is -1.82. The monoisotopic (exact) mass is 703 g/mol. The number of benzene rings is 3. The third kappa shape index (κ3) is 13.6. The zero-order valence-electron chi connectivity index (χ0n) is 30.8. The lowest BCUT2D eigenvalue weighted by molar-refractivity contribution is -0.159. The molecule has 0 aliphatic carbocycles. The van der Waals surface area contributed by atoms with E-state index in [4.69, 9.17) is 9.47 Å². The average molecular weight is 704 g/mol. The molecule has 0 heterocycles. The van der Waals surface area contributed by atoms with E-state index in [9.17, 15) is 29.4 Å². The Hall–Kier alpha value is -5.06. The summed E-state index contributed by atoms with van der Waals surface area (Å²) in [5.41, 5.74) is 0.152. The second-order valence-electron chi connectivity index (χ2n) is 14.6. The Kier molecular flexibility index (Phi) is 14.5. The predicted molar refractivity (Wildman–Crippen MR) is 195 cm³/mol. The summed E-state index contributed by atoms with van der Waals surface area (Å²) in [4.78, 5) is 57.5. The van der Waals surface area contributed by atoms with Crippen molar-refractivity contribution in [2.45, 2.75) is 110 Å². The van der Waals surface area contributed by atoms with Crippen molar-refractivity contribution >= 4 is 23.9 Å². The minimum Gasteiger partial charge on any atom is -0.508 e. The molecule has 0 saturated heterocycles. The molecule has 0 saturated carbocycles. The average Bonchev–Trinajstić information content (AvgIpc) is 3.04. The fourth-order valence-corrected chi connectivity index (χ4v) is 5.41. The fourth-order valence-electron chi connectivity index (χ4n) is 5.41. The second-order valence-corrected chi connectivity index (χ2v) is 14.6. The number of aromatic hydroxyl groups is 2. The van der Waals surface area contributed by atoms with E-state index in [0.717, 1.165) is 18.4 Å². The maximum Gasteiger partial charge on any atom is 0.408 e. The molecule has 3 rings (SSSR count). The van der Waals surface area contributed by atoms with Crippen LogP contribution in [0.2, 0.25) is 0 Å². The lowest BCUT2D eigenvalue weighted by Gasteiger charge is -2.35. The number of hydrogen-bond donors (Lipinski definition) is 4. The quantitative estimate of drug-likeness (QED) is 0.105. The van der Waals surface area contributed by atoms with Gasteiger partial charge in [0.15, 0.2) is 0 Å². The summed E-state index contributed by atoms with van der Waals surface area (Å²) in [5, 5.41) is 25.6. The highest BCUT2D eigenvalue weighted by Gasteiger charge is 2.38. The molecular formula is C40H53N3O8. The number of phenolic OH excluding ortho intramolecular Hbond substituents is 2. The SMILES string of the molecule is CCCCCN(C(=O)C(Cc1ccc(O)cc1)NC(=O)OC(C)(C)C)C(C(=O)NC(Cc1ccccc1)C(=O)OC(C)(C)C)c1ccc(O)cc1.